The molecule has 0 heterocycles. The van der Waals surface area contributed by atoms with Crippen LogP contribution in [0.15, 0.2) is 24.3 Å². The van der Waals surface area contributed by atoms with Crippen molar-refractivity contribution in [2.24, 2.45) is 16.7 Å². The number of ether oxygens (including phenoxy) is 1. The minimum atomic E-state index is -0.223. The number of carbonyl (C=O) groups is 2. The molecular weight excluding hydrogens is 312 g/mol. The Hall–Kier alpha value is -1.64. The van der Waals surface area contributed by atoms with Gasteiger partial charge in [-0.15, -0.1) is 0 Å². The molecular formula is C22H28O3. The Labute approximate surface area is 150 Å². The van der Waals surface area contributed by atoms with Gasteiger partial charge in [-0.3, -0.25) is 4.79 Å². The van der Waals surface area contributed by atoms with E-state index >= 15 is 0 Å². The van der Waals surface area contributed by atoms with Crippen molar-refractivity contribution in [1.82, 2.24) is 0 Å². The molecule has 0 aromatic heterocycles. The van der Waals surface area contributed by atoms with E-state index in [9.17, 15) is 9.59 Å². The number of benzene rings is 1. The number of hydrogen-bond acceptors (Lipinski definition) is 3. The van der Waals surface area contributed by atoms with Gasteiger partial charge in [0.15, 0.2) is 0 Å². The standard InChI is InChI=1S/C22H28O3/c1-21(2)16-11-12-22(21,3)19(13-16)25-20(24)15-9-7-14(8-10-15)17-5-4-6-18(17)23/h7-10,16-17,19H,4-6,11-13H2,1-3H3/t16-,17?,19+,22?/m1/s1. The molecule has 25 heavy (non-hydrogen) atoms. The molecule has 3 saturated carbocycles. The first-order valence-electron chi connectivity index (χ1n) is 9.66. The number of rotatable bonds is 3. The quantitative estimate of drug-likeness (QED) is 0.735. The van der Waals surface area contributed by atoms with Gasteiger partial charge in [0.2, 0.25) is 0 Å². The van der Waals surface area contributed by atoms with Crippen LogP contribution in [0.3, 0.4) is 0 Å². The zero-order valence-electron chi connectivity index (χ0n) is 15.5. The van der Waals surface area contributed by atoms with Crippen LogP contribution in [0.1, 0.15) is 81.1 Å². The fourth-order valence-electron chi connectivity index (χ4n) is 5.53. The van der Waals surface area contributed by atoms with Crippen LogP contribution in [0.25, 0.3) is 0 Å². The van der Waals surface area contributed by atoms with Crippen LogP contribution in [-0.4, -0.2) is 17.9 Å². The van der Waals surface area contributed by atoms with Crippen LogP contribution < -0.4 is 0 Å². The Morgan fingerprint density at radius 2 is 1.84 bits per heavy atom. The summed E-state index contributed by atoms with van der Waals surface area (Å²) in [6.07, 6.45) is 6.00. The van der Waals surface area contributed by atoms with Crippen molar-refractivity contribution in [3.05, 3.63) is 35.4 Å². The lowest BCUT2D eigenvalue weighted by Crippen LogP contribution is -2.38. The van der Waals surface area contributed by atoms with Crippen molar-refractivity contribution in [3.8, 4) is 0 Å². The molecule has 0 radical (unpaired) electrons. The highest BCUT2D eigenvalue weighted by Gasteiger charge is 2.62. The lowest BCUT2D eigenvalue weighted by atomic mass is 9.70. The number of ketones is 1. The summed E-state index contributed by atoms with van der Waals surface area (Å²) in [6.45, 7) is 6.94. The molecule has 3 heteroatoms. The van der Waals surface area contributed by atoms with Crippen LogP contribution in [0.4, 0.5) is 0 Å². The molecule has 0 amide bonds. The molecule has 3 fully saturated rings. The summed E-state index contributed by atoms with van der Waals surface area (Å²) >= 11 is 0. The number of Topliss-reactive ketones (excluding diaryl/α,β-unsaturated/α-hetero) is 1. The Kier molecular flexibility index (Phi) is 3.82. The molecule has 0 saturated heterocycles. The van der Waals surface area contributed by atoms with Crippen molar-refractivity contribution in [1.29, 1.82) is 0 Å². The summed E-state index contributed by atoms with van der Waals surface area (Å²) < 4.78 is 5.95. The maximum Gasteiger partial charge on any atom is 0.338 e. The molecule has 3 aliphatic carbocycles. The van der Waals surface area contributed by atoms with Crippen LogP contribution in [-0.2, 0) is 9.53 Å². The Balaban J connectivity index is 1.46. The van der Waals surface area contributed by atoms with E-state index in [0.29, 0.717) is 23.7 Å². The van der Waals surface area contributed by atoms with Crippen molar-refractivity contribution in [2.45, 2.75) is 71.3 Å². The highest BCUT2D eigenvalue weighted by Crippen LogP contribution is 2.66. The zero-order chi connectivity index (χ0) is 17.8. The first kappa shape index (κ1) is 16.8. The summed E-state index contributed by atoms with van der Waals surface area (Å²) in [6, 6.07) is 7.50. The van der Waals surface area contributed by atoms with E-state index < -0.39 is 0 Å². The number of hydrogen-bond donors (Lipinski definition) is 0. The molecule has 0 aliphatic heterocycles. The van der Waals surface area contributed by atoms with Gasteiger partial charge in [-0.05, 0) is 61.1 Å². The highest BCUT2D eigenvalue weighted by molar-refractivity contribution is 5.90. The third kappa shape index (κ3) is 2.46. The SMILES string of the molecule is CC1(C)[C@@H]2CCC1(C)[C@@H](OC(=O)c1ccc(C3CCCC3=O)cc1)C2. The largest absolute Gasteiger partial charge is 0.458 e. The van der Waals surface area contributed by atoms with E-state index in [4.69, 9.17) is 4.74 Å². The minimum absolute atomic E-state index is 0.0184. The normalized spacial score (nSPS) is 36.0. The summed E-state index contributed by atoms with van der Waals surface area (Å²) in [4.78, 5) is 24.5. The smallest absolute Gasteiger partial charge is 0.338 e. The lowest BCUT2D eigenvalue weighted by Gasteiger charge is -2.38. The third-order valence-corrected chi connectivity index (χ3v) is 7.82. The van der Waals surface area contributed by atoms with Gasteiger partial charge in [-0.2, -0.15) is 0 Å². The van der Waals surface area contributed by atoms with Crippen LogP contribution in [0.2, 0.25) is 0 Å². The second-order valence-corrected chi connectivity index (χ2v) is 9.04. The van der Waals surface area contributed by atoms with Gasteiger partial charge in [-0.1, -0.05) is 32.9 Å². The van der Waals surface area contributed by atoms with Gasteiger partial charge in [0.25, 0.3) is 0 Å². The van der Waals surface area contributed by atoms with Gasteiger partial charge in [0.05, 0.1) is 5.56 Å². The third-order valence-electron chi connectivity index (χ3n) is 7.82. The minimum Gasteiger partial charge on any atom is -0.458 e. The maximum atomic E-state index is 12.6. The fraction of sp³-hybridized carbons (Fsp3) is 0.636. The zero-order valence-corrected chi connectivity index (χ0v) is 15.5. The number of fused-ring (bicyclic) bond motifs is 2. The number of esters is 1. The van der Waals surface area contributed by atoms with E-state index in [-0.39, 0.29) is 28.8 Å². The average molecular weight is 340 g/mol. The second kappa shape index (κ2) is 5.69. The van der Waals surface area contributed by atoms with Gasteiger partial charge in [0.1, 0.15) is 11.9 Å². The second-order valence-electron chi connectivity index (χ2n) is 9.04. The predicted octanol–water partition coefficient (Wildman–Crippen LogP) is 4.89. The van der Waals surface area contributed by atoms with Crippen molar-refractivity contribution in [2.75, 3.05) is 0 Å². The molecule has 4 atom stereocenters. The first-order chi connectivity index (χ1) is 11.8. The summed E-state index contributed by atoms with van der Waals surface area (Å²) in [5.41, 5.74) is 1.96. The lowest BCUT2D eigenvalue weighted by molar-refractivity contribution is -0.118. The summed E-state index contributed by atoms with van der Waals surface area (Å²) in [5.74, 6) is 0.785. The van der Waals surface area contributed by atoms with Crippen molar-refractivity contribution in [3.63, 3.8) is 0 Å². The molecule has 2 bridgehead atoms. The molecule has 0 spiro atoms. The highest BCUT2D eigenvalue weighted by atomic mass is 16.5. The molecule has 3 nitrogen and oxygen atoms in total. The van der Waals surface area contributed by atoms with Gasteiger partial charge < -0.3 is 4.74 Å². The van der Waals surface area contributed by atoms with Crippen molar-refractivity contribution < 1.29 is 14.3 Å². The summed E-state index contributed by atoms with van der Waals surface area (Å²) in [5, 5.41) is 0. The monoisotopic (exact) mass is 340 g/mol. The van der Waals surface area contributed by atoms with Crippen molar-refractivity contribution >= 4 is 11.8 Å². The van der Waals surface area contributed by atoms with Crippen LogP contribution in [0.5, 0.6) is 0 Å². The molecule has 2 unspecified atom stereocenters. The fourth-order valence-corrected chi connectivity index (χ4v) is 5.53. The predicted molar refractivity (Wildman–Crippen MR) is 96.5 cm³/mol. The Bertz CT molecular complexity index is 702. The van der Waals surface area contributed by atoms with Crippen LogP contribution in [0, 0.1) is 16.7 Å². The molecule has 1 aromatic rings. The molecule has 4 rings (SSSR count). The first-order valence-corrected chi connectivity index (χ1v) is 9.66. The maximum absolute atomic E-state index is 12.6. The molecule has 134 valence electrons. The van der Waals surface area contributed by atoms with Gasteiger partial charge in [-0.25, -0.2) is 4.79 Å². The number of carbonyl (C=O) groups excluding carboxylic acids is 2. The topological polar surface area (TPSA) is 43.4 Å². The molecule has 1 aromatic carbocycles. The van der Waals surface area contributed by atoms with E-state index in [1.54, 1.807) is 0 Å². The van der Waals surface area contributed by atoms with Gasteiger partial charge >= 0.3 is 5.97 Å². The Morgan fingerprint density at radius 3 is 2.36 bits per heavy atom. The summed E-state index contributed by atoms with van der Waals surface area (Å²) in [7, 11) is 0. The van der Waals surface area contributed by atoms with Crippen LogP contribution >= 0.6 is 0 Å². The Morgan fingerprint density at radius 1 is 1.12 bits per heavy atom. The molecule has 3 aliphatic rings. The van der Waals surface area contributed by atoms with E-state index in [0.717, 1.165) is 31.2 Å². The average Bonchev–Trinajstić information content (AvgIpc) is 3.16. The van der Waals surface area contributed by atoms with E-state index in [2.05, 4.69) is 20.8 Å². The van der Waals surface area contributed by atoms with E-state index in [1.165, 1.54) is 6.42 Å². The van der Waals surface area contributed by atoms with Gasteiger partial charge in [0, 0.05) is 17.8 Å². The molecule has 0 N–H and O–H groups in total. The van der Waals surface area contributed by atoms with E-state index in [1.807, 2.05) is 24.3 Å².